The first-order chi connectivity index (χ1) is 14.6. The molecule has 30 heavy (non-hydrogen) atoms. The Hall–Kier alpha value is -3.15. The number of benzene rings is 2. The molecule has 2 aromatic carbocycles. The van der Waals surface area contributed by atoms with Gasteiger partial charge in [-0.05, 0) is 44.4 Å². The van der Waals surface area contributed by atoms with E-state index in [1.807, 2.05) is 31.2 Å². The molecule has 1 aliphatic rings. The van der Waals surface area contributed by atoms with E-state index < -0.39 is 0 Å². The first-order valence-corrected chi connectivity index (χ1v) is 10.6. The van der Waals surface area contributed by atoms with Gasteiger partial charge in [0.05, 0.1) is 23.6 Å². The molecule has 1 atom stereocenters. The number of hydrogen-bond acceptors (Lipinski definition) is 5. The number of para-hydroxylation sites is 2. The predicted octanol–water partition coefficient (Wildman–Crippen LogP) is 3.87. The fraction of sp³-hybridized carbons (Fsp3) is 0.375. The van der Waals surface area contributed by atoms with Crippen molar-refractivity contribution in [2.24, 2.45) is 5.92 Å². The highest BCUT2D eigenvalue weighted by Gasteiger charge is 2.28. The summed E-state index contributed by atoms with van der Waals surface area (Å²) in [4.78, 5) is 24.5. The number of aromatic nitrogens is 2. The van der Waals surface area contributed by atoms with Crippen LogP contribution in [0.3, 0.4) is 0 Å². The Morgan fingerprint density at radius 3 is 2.60 bits per heavy atom. The van der Waals surface area contributed by atoms with Crippen LogP contribution >= 0.6 is 0 Å². The average molecular weight is 405 g/mol. The van der Waals surface area contributed by atoms with E-state index >= 15 is 0 Å². The second-order valence-electron chi connectivity index (χ2n) is 7.76. The third-order valence-electron chi connectivity index (χ3n) is 5.48. The van der Waals surface area contributed by atoms with Crippen molar-refractivity contribution in [2.45, 2.75) is 33.2 Å². The predicted molar refractivity (Wildman–Crippen MR) is 119 cm³/mol. The third-order valence-corrected chi connectivity index (χ3v) is 5.48. The van der Waals surface area contributed by atoms with Gasteiger partial charge in [-0.1, -0.05) is 42.0 Å². The van der Waals surface area contributed by atoms with E-state index in [9.17, 15) is 4.79 Å². The molecule has 1 N–H and O–H groups in total. The molecule has 1 amide bonds. The second kappa shape index (κ2) is 9.11. The SMILES string of the molecule is CCOc1nc2ccccc2nc1N1CCC[C@@H](C(=O)NCc2ccc(C)cc2)C1. The van der Waals surface area contributed by atoms with Crippen molar-refractivity contribution in [3.05, 3.63) is 59.7 Å². The van der Waals surface area contributed by atoms with Crippen molar-refractivity contribution in [1.82, 2.24) is 15.3 Å². The number of aryl methyl sites for hydroxylation is 1. The van der Waals surface area contributed by atoms with E-state index in [0.717, 1.165) is 41.8 Å². The largest absolute Gasteiger partial charge is 0.475 e. The molecule has 0 bridgehead atoms. The van der Waals surface area contributed by atoms with Crippen molar-refractivity contribution < 1.29 is 9.53 Å². The summed E-state index contributed by atoms with van der Waals surface area (Å²) in [6.07, 6.45) is 1.81. The summed E-state index contributed by atoms with van der Waals surface area (Å²) >= 11 is 0. The standard InChI is InChI=1S/C24H28N4O2/c1-3-30-24-22(26-20-8-4-5-9-21(20)27-24)28-14-6-7-19(16-28)23(29)25-15-18-12-10-17(2)11-13-18/h4-5,8-13,19H,3,6-7,14-16H2,1-2H3,(H,25,29)/t19-/m1/s1. The van der Waals surface area contributed by atoms with Crippen LogP contribution in [0.1, 0.15) is 30.9 Å². The molecule has 3 aromatic rings. The van der Waals surface area contributed by atoms with Gasteiger partial charge in [-0.25, -0.2) is 9.97 Å². The lowest BCUT2D eigenvalue weighted by molar-refractivity contribution is -0.125. The Bertz CT molecular complexity index is 1020. The normalized spacial score (nSPS) is 16.5. The number of nitrogens with one attached hydrogen (secondary N) is 1. The number of carbonyl (C=O) groups is 1. The van der Waals surface area contributed by atoms with Crippen LogP contribution in [-0.4, -0.2) is 35.6 Å². The van der Waals surface area contributed by atoms with Gasteiger partial charge in [0.2, 0.25) is 5.91 Å². The molecule has 1 aliphatic heterocycles. The molecular weight excluding hydrogens is 376 g/mol. The highest BCUT2D eigenvalue weighted by atomic mass is 16.5. The Morgan fingerprint density at radius 1 is 1.13 bits per heavy atom. The molecule has 6 nitrogen and oxygen atoms in total. The summed E-state index contributed by atoms with van der Waals surface area (Å²) in [5, 5.41) is 3.10. The molecule has 0 radical (unpaired) electrons. The van der Waals surface area contributed by atoms with Crippen LogP contribution in [0.4, 0.5) is 5.82 Å². The first kappa shape index (κ1) is 20.1. The van der Waals surface area contributed by atoms with Crippen molar-refractivity contribution in [3.63, 3.8) is 0 Å². The fourth-order valence-corrected chi connectivity index (χ4v) is 3.84. The van der Waals surface area contributed by atoms with Crippen LogP contribution in [0.25, 0.3) is 11.0 Å². The first-order valence-electron chi connectivity index (χ1n) is 10.6. The molecule has 0 spiro atoms. The number of nitrogens with zero attached hydrogens (tertiary/aromatic N) is 3. The number of piperidine rings is 1. The Kier molecular flexibility index (Phi) is 6.12. The lowest BCUT2D eigenvalue weighted by atomic mass is 9.97. The minimum atomic E-state index is -0.0769. The number of amides is 1. The minimum Gasteiger partial charge on any atom is -0.475 e. The lowest BCUT2D eigenvalue weighted by Crippen LogP contribution is -2.43. The molecule has 6 heteroatoms. The number of fused-ring (bicyclic) bond motifs is 1. The van der Waals surface area contributed by atoms with Crippen molar-refractivity contribution >= 4 is 22.8 Å². The van der Waals surface area contributed by atoms with Gasteiger partial charge in [0.25, 0.3) is 5.88 Å². The number of carbonyl (C=O) groups excluding carboxylic acids is 1. The molecule has 1 aromatic heterocycles. The van der Waals surface area contributed by atoms with E-state index in [-0.39, 0.29) is 11.8 Å². The van der Waals surface area contributed by atoms with Crippen LogP contribution in [0, 0.1) is 12.8 Å². The van der Waals surface area contributed by atoms with Crippen molar-refractivity contribution in [3.8, 4) is 5.88 Å². The number of rotatable bonds is 6. The smallest absolute Gasteiger partial charge is 0.258 e. The average Bonchev–Trinajstić information content (AvgIpc) is 2.78. The molecule has 0 aliphatic carbocycles. The molecule has 0 unspecified atom stereocenters. The number of hydrogen-bond donors (Lipinski definition) is 1. The van der Waals surface area contributed by atoms with Gasteiger partial charge < -0.3 is 15.0 Å². The molecule has 4 rings (SSSR count). The zero-order valence-corrected chi connectivity index (χ0v) is 17.6. The maximum Gasteiger partial charge on any atom is 0.258 e. The molecule has 1 saturated heterocycles. The maximum atomic E-state index is 12.8. The Morgan fingerprint density at radius 2 is 1.87 bits per heavy atom. The molecule has 0 saturated carbocycles. The van der Waals surface area contributed by atoms with Crippen molar-refractivity contribution in [2.75, 3.05) is 24.6 Å². The van der Waals surface area contributed by atoms with Gasteiger partial charge in [-0.15, -0.1) is 0 Å². The summed E-state index contributed by atoms with van der Waals surface area (Å²) in [5.74, 6) is 1.28. The quantitative estimate of drug-likeness (QED) is 0.676. The van der Waals surface area contributed by atoms with E-state index in [4.69, 9.17) is 9.72 Å². The van der Waals surface area contributed by atoms with Gasteiger partial charge in [0, 0.05) is 19.6 Å². The monoisotopic (exact) mass is 404 g/mol. The van der Waals surface area contributed by atoms with E-state index in [0.29, 0.717) is 25.6 Å². The Labute approximate surface area is 177 Å². The van der Waals surface area contributed by atoms with Crippen LogP contribution < -0.4 is 15.0 Å². The van der Waals surface area contributed by atoms with Gasteiger partial charge in [0.1, 0.15) is 0 Å². The summed E-state index contributed by atoms with van der Waals surface area (Å²) < 4.78 is 5.79. The van der Waals surface area contributed by atoms with Crippen LogP contribution in [0.2, 0.25) is 0 Å². The summed E-state index contributed by atoms with van der Waals surface area (Å²) in [5.41, 5.74) is 3.98. The van der Waals surface area contributed by atoms with Gasteiger partial charge in [0.15, 0.2) is 5.82 Å². The van der Waals surface area contributed by atoms with Crippen LogP contribution in [-0.2, 0) is 11.3 Å². The fourth-order valence-electron chi connectivity index (χ4n) is 3.84. The van der Waals surface area contributed by atoms with E-state index in [1.165, 1.54) is 5.56 Å². The van der Waals surface area contributed by atoms with Crippen LogP contribution in [0.5, 0.6) is 5.88 Å². The molecule has 156 valence electrons. The molecular formula is C24H28N4O2. The summed E-state index contributed by atoms with van der Waals surface area (Å²) in [6.45, 7) is 6.54. The van der Waals surface area contributed by atoms with Crippen molar-refractivity contribution in [1.29, 1.82) is 0 Å². The highest BCUT2D eigenvalue weighted by Crippen LogP contribution is 2.30. The highest BCUT2D eigenvalue weighted by molar-refractivity contribution is 5.80. The second-order valence-corrected chi connectivity index (χ2v) is 7.76. The number of ether oxygens (including phenoxy) is 1. The lowest BCUT2D eigenvalue weighted by Gasteiger charge is -2.33. The van der Waals surface area contributed by atoms with Gasteiger partial charge in [-0.2, -0.15) is 0 Å². The summed E-state index contributed by atoms with van der Waals surface area (Å²) in [6, 6.07) is 16.0. The maximum absolute atomic E-state index is 12.8. The van der Waals surface area contributed by atoms with Gasteiger partial charge in [-0.3, -0.25) is 4.79 Å². The van der Waals surface area contributed by atoms with E-state index in [2.05, 4.69) is 46.4 Å². The van der Waals surface area contributed by atoms with E-state index in [1.54, 1.807) is 0 Å². The molecule has 1 fully saturated rings. The zero-order valence-electron chi connectivity index (χ0n) is 17.6. The topological polar surface area (TPSA) is 67.4 Å². The van der Waals surface area contributed by atoms with Crippen LogP contribution in [0.15, 0.2) is 48.5 Å². The summed E-state index contributed by atoms with van der Waals surface area (Å²) in [7, 11) is 0. The Balaban J connectivity index is 1.48. The minimum absolute atomic E-state index is 0.0769. The zero-order chi connectivity index (χ0) is 20.9. The third kappa shape index (κ3) is 4.53. The molecule has 2 heterocycles. The number of anilines is 1. The van der Waals surface area contributed by atoms with Gasteiger partial charge >= 0.3 is 0 Å².